The van der Waals surface area contributed by atoms with Crippen molar-refractivity contribution in [1.82, 2.24) is 0 Å². The van der Waals surface area contributed by atoms with Crippen LogP contribution in [-0.4, -0.2) is 13.1 Å². The number of ether oxygens (including phenoxy) is 2. The van der Waals surface area contributed by atoms with Gasteiger partial charge < -0.3 is 13.9 Å². The van der Waals surface area contributed by atoms with Gasteiger partial charge in [-0.2, -0.15) is 0 Å². The predicted molar refractivity (Wildman–Crippen MR) is 108 cm³/mol. The quantitative estimate of drug-likeness (QED) is 0.297. The van der Waals surface area contributed by atoms with Crippen molar-refractivity contribution in [2.45, 2.75) is 20.1 Å². The molecule has 2 aromatic carbocycles. The number of hydrogen-bond donors (Lipinski definition) is 0. The zero-order valence-electron chi connectivity index (χ0n) is 16.2. The van der Waals surface area contributed by atoms with E-state index in [9.17, 15) is 9.59 Å². The largest absolute Gasteiger partial charge is 0.497 e. The second-order valence-corrected chi connectivity index (χ2v) is 6.78. The number of fused-ring (bicyclic) bond motifs is 2. The molecule has 0 fully saturated rings. The molecule has 6 heteroatoms. The molecule has 0 aliphatic heterocycles. The average molecular weight is 390 g/mol. The lowest BCUT2D eigenvalue weighted by Gasteiger charge is -2.05. The van der Waals surface area contributed by atoms with E-state index < -0.39 is 0 Å². The molecular formula is C23H20NO5+. The maximum atomic E-state index is 12.8. The summed E-state index contributed by atoms with van der Waals surface area (Å²) in [5, 5.41) is 1.08. The molecule has 0 radical (unpaired) electrons. The summed E-state index contributed by atoms with van der Waals surface area (Å²) in [6, 6.07) is 14.6. The van der Waals surface area contributed by atoms with Gasteiger partial charge in [0.25, 0.3) is 0 Å². The molecule has 29 heavy (non-hydrogen) atoms. The lowest BCUT2D eigenvalue weighted by Crippen LogP contribution is -2.33. The van der Waals surface area contributed by atoms with E-state index >= 15 is 0 Å². The Bertz CT molecular complexity index is 1260. The van der Waals surface area contributed by atoms with E-state index in [0.717, 1.165) is 11.1 Å². The fourth-order valence-corrected chi connectivity index (χ4v) is 3.19. The van der Waals surface area contributed by atoms with Crippen LogP contribution in [0.5, 0.6) is 5.75 Å². The predicted octanol–water partition coefficient (Wildman–Crippen LogP) is 3.35. The SMILES string of the molecule is COc1ccc2c(=O)c3ccc(C[n+]4ccc(COC(C)=O)cc4)cc3oc2c1. The number of nitrogens with zero attached hydrogens (tertiary/aromatic N) is 1. The van der Waals surface area contributed by atoms with Crippen LogP contribution in [0, 0.1) is 0 Å². The van der Waals surface area contributed by atoms with Crippen molar-refractivity contribution in [1.29, 1.82) is 0 Å². The summed E-state index contributed by atoms with van der Waals surface area (Å²) in [5.74, 6) is 0.338. The van der Waals surface area contributed by atoms with E-state index in [1.165, 1.54) is 6.92 Å². The number of rotatable bonds is 5. The normalized spacial score (nSPS) is 11.0. The Morgan fingerprint density at radius 1 is 0.966 bits per heavy atom. The zero-order chi connectivity index (χ0) is 20.4. The van der Waals surface area contributed by atoms with Gasteiger partial charge in [0.15, 0.2) is 18.9 Å². The molecule has 0 bridgehead atoms. The van der Waals surface area contributed by atoms with Crippen molar-refractivity contribution in [3.63, 3.8) is 0 Å². The molecule has 0 amide bonds. The third kappa shape index (κ3) is 3.96. The number of pyridine rings is 1. The molecule has 146 valence electrons. The highest BCUT2D eigenvalue weighted by Gasteiger charge is 2.11. The minimum atomic E-state index is -0.301. The summed E-state index contributed by atoms with van der Waals surface area (Å²) in [6.45, 7) is 2.26. The molecule has 0 atom stereocenters. The Morgan fingerprint density at radius 2 is 1.66 bits per heavy atom. The van der Waals surface area contributed by atoms with Crippen molar-refractivity contribution in [3.05, 3.63) is 82.3 Å². The van der Waals surface area contributed by atoms with Crippen molar-refractivity contribution >= 4 is 27.9 Å². The van der Waals surface area contributed by atoms with Crippen LogP contribution in [0.15, 0.2) is 70.1 Å². The summed E-state index contributed by atoms with van der Waals surface area (Å²) in [6.07, 6.45) is 3.84. The number of methoxy groups -OCH3 is 1. The number of carbonyl (C=O) groups is 1. The first kappa shape index (κ1) is 18.7. The standard InChI is InChI=1S/C23H20NO5/c1-15(25)28-14-16-7-9-24(10-8-16)13-17-3-5-19-21(11-17)29-22-12-18(27-2)4-6-20(22)23(19)26/h3-12H,13-14H2,1-2H3/q+1. The third-order valence-corrected chi connectivity index (χ3v) is 4.71. The smallest absolute Gasteiger partial charge is 0.302 e. The first-order valence-corrected chi connectivity index (χ1v) is 9.18. The van der Waals surface area contributed by atoms with Gasteiger partial charge in [0.05, 0.1) is 17.9 Å². The molecule has 4 aromatic rings. The fourth-order valence-electron chi connectivity index (χ4n) is 3.19. The molecule has 2 heterocycles. The second kappa shape index (κ2) is 7.75. The van der Waals surface area contributed by atoms with Gasteiger partial charge in [0, 0.05) is 36.2 Å². The Hall–Kier alpha value is -3.67. The first-order chi connectivity index (χ1) is 14.0. The van der Waals surface area contributed by atoms with E-state index in [0.29, 0.717) is 34.2 Å². The van der Waals surface area contributed by atoms with Gasteiger partial charge in [-0.05, 0) is 24.3 Å². The van der Waals surface area contributed by atoms with Crippen molar-refractivity contribution in [3.8, 4) is 5.75 Å². The minimum Gasteiger partial charge on any atom is -0.497 e. The highest BCUT2D eigenvalue weighted by atomic mass is 16.5. The Morgan fingerprint density at radius 3 is 2.34 bits per heavy atom. The van der Waals surface area contributed by atoms with Crippen LogP contribution in [0.4, 0.5) is 0 Å². The van der Waals surface area contributed by atoms with Gasteiger partial charge in [-0.3, -0.25) is 9.59 Å². The van der Waals surface area contributed by atoms with Gasteiger partial charge in [-0.25, -0.2) is 4.57 Å². The van der Waals surface area contributed by atoms with Gasteiger partial charge >= 0.3 is 5.97 Å². The maximum Gasteiger partial charge on any atom is 0.302 e. The molecule has 6 nitrogen and oxygen atoms in total. The van der Waals surface area contributed by atoms with Gasteiger partial charge in [-0.15, -0.1) is 0 Å². The first-order valence-electron chi connectivity index (χ1n) is 9.18. The number of carbonyl (C=O) groups excluding carboxylic acids is 1. The summed E-state index contributed by atoms with van der Waals surface area (Å²) < 4.78 is 18.2. The fraction of sp³-hybridized carbons (Fsp3) is 0.174. The number of hydrogen-bond acceptors (Lipinski definition) is 5. The summed E-state index contributed by atoms with van der Waals surface area (Å²) in [4.78, 5) is 23.7. The second-order valence-electron chi connectivity index (χ2n) is 6.78. The lowest BCUT2D eigenvalue weighted by molar-refractivity contribution is -0.688. The molecule has 0 aliphatic carbocycles. The monoisotopic (exact) mass is 390 g/mol. The molecule has 4 rings (SSSR count). The molecule has 0 spiro atoms. The summed E-state index contributed by atoms with van der Waals surface area (Å²) in [5.41, 5.74) is 2.90. The van der Waals surface area contributed by atoms with E-state index in [-0.39, 0.29) is 18.0 Å². The number of aromatic nitrogens is 1. The highest BCUT2D eigenvalue weighted by Crippen LogP contribution is 2.23. The van der Waals surface area contributed by atoms with Crippen LogP contribution in [0.25, 0.3) is 21.9 Å². The Balaban J connectivity index is 1.63. The van der Waals surface area contributed by atoms with E-state index in [2.05, 4.69) is 0 Å². The molecular weight excluding hydrogens is 370 g/mol. The Labute approximate surface area is 166 Å². The van der Waals surface area contributed by atoms with Crippen molar-refractivity contribution in [2.24, 2.45) is 0 Å². The maximum absolute atomic E-state index is 12.8. The van der Waals surface area contributed by atoms with Gasteiger partial charge in [0.1, 0.15) is 23.5 Å². The summed E-state index contributed by atoms with van der Waals surface area (Å²) >= 11 is 0. The lowest BCUT2D eigenvalue weighted by atomic mass is 10.1. The van der Waals surface area contributed by atoms with Crippen LogP contribution in [0.1, 0.15) is 18.1 Å². The summed E-state index contributed by atoms with van der Waals surface area (Å²) in [7, 11) is 1.58. The van der Waals surface area contributed by atoms with Crippen LogP contribution in [-0.2, 0) is 22.7 Å². The number of esters is 1. The molecule has 0 unspecified atom stereocenters. The molecule has 0 saturated heterocycles. The molecule has 0 saturated carbocycles. The topological polar surface area (TPSA) is 69.6 Å². The molecule has 0 aliphatic rings. The van der Waals surface area contributed by atoms with Gasteiger partial charge in [0.2, 0.25) is 5.43 Å². The van der Waals surface area contributed by atoms with Crippen LogP contribution < -0.4 is 14.7 Å². The average Bonchev–Trinajstić information content (AvgIpc) is 2.73. The van der Waals surface area contributed by atoms with E-state index in [1.54, 1.807) is 31.4 Å². The number of benzene rings is 2. The van der Waals surface area contributed by atoms with Gasteiger partial charge in [-0.1, -0.05) is 6.07 Å². The molecule has 0 N–H and O–H groups in total. The van der Waals surface area contributed by atoms with E-state index in [1.807, 2.05) is 41.2 Å². The van der Waals surface area contributed by atoms with E-state index in [4.69, 9.17) is 13.9 Å². The highest BCUT2D eigenvalue weighted by molar-refractivity contribution is 5.90. The molecule has 2 aromatic heterocycles. The van der Waals surface area contributed by atoms with Crippen LogP contribution >= 0.6 is 0 Å². The minimum absolute atomic E-state index is 0.0575. The van der Waals surface area contributed by atoms with Crippen LogP contribution in [0.3, 0.4) is 0 Å². The van der Waals surface area contributed by atoms with Crippen molar-refractivity contribution in [2.75, 3.05) is 7.11 Å². The Kier molecular flexibility index (Phi) is 4.99. The zero-order valence-corrected chi connectivity index (χ0v) is 16.2. The third-order valence-electron chi connectivity index (χ3n) is 4.71. The van der Waals surface area contributed by atoms with Crippen LogP contribution in [0.2, 0.25) is 0 Å². The van der Waals surface area contributed by atoms with Crippen molar-refractivity contribution < 1.29 is 23.3 Å².